The number of benzene rings is 9. The molecule has 0 amide bonds. The molecule has 0 spiro atoms. The van der Waals surface area contributed by atoms with E-state index in [9.17, 15) is 26.3 Å². The van der Waals surface area contributed by atoms with Crippen LogP contribution in [0.4, 0.5) is 60.5 Å². The molecule has 12 rings (SSSR count). The van der Waals surface area contributed by atoms with Crippen LogP contribution in [-0.2, 0) is 12.4 Å². The fourth-order valence-corrected chi connectivity index (χ4v) is 14.6. The van der Waals surface area contributed by atoms with Gasteiger partial charge in [0.15, 0.2) is 0 Å². The van der Waals surface area contributed by atoms with E-state index in [2.05, 4.69) is 115 Å². The molecule has 0 aromatic heterocycles. The first-order chi connectivity index (χ1) is 33.2. The van der Waals surface area contributed by atoms with Crippen molar-refractivity contribution < 1.29 is 26.3 Å². The largest absolute Gasteiger partial charge is 0.416 e. The summed E-state index contributed by atoms with van der Waals surface area (Å²) in [5.41, 5.74) is 15.2. The predicted octanol–water partition coefficient (Wildman–Crippen LogP) is 13.9. The molecule has 9 aromatic carbocycles. The number of halogens is 6. The van der Waals surface area contributed by atoms with Gasteiger partial charge in [0.25, 0.3) is 6.71 Å². The summed E-state index contributed by atoms with van der Waals surface area (Å²) in [6.45, 7) is 6.71. The number of para-hydroxylation sites is 2. The SMILES string of the molecule is Cc1cc2c3c(c1)N(c1c(-c4ccccc4)cccc1-c1ccc(C(F)(F)F)cc1)c1cccc4c1B3c1c(cccc1[Si]4(C)C)N2c1c(-c2ccccc2)cccc1-c1ccc(C(F)(F)F)cc1. The summed E-state index contributed by atoms with van der Waals surface area (Å²) in [6, 6.07) is 61.0. The van der Waals surface area contributed by atoms with Crippen LogP contribution >= 0.6 is 0 Å². The molecule has 2 nitrogen and oxygen atoms in total. The zero-order chi connectivity index (χ0) is 47.6. The molecule has 0 saturated carbocycles. The molecule has 9 aromatic rings. The minimum Gasteiger partial charge on any atom is -0.310 e. The second-order valence-corrected chi connectivity index (χ2v) is 23.0. The van der Waals surface area contributed by atoms with E-state index < -0.39 is 31.6 Å². The van der Waals surface area contributed by atoms with Crippen LogP contribution in [0.1, 0.15) is 16.7 Å². The third-order valence-corrected chi connectivity index (χ3v) is 17.9. The number of hydrogen-bond donors (Lipinski definition) is 0. The van der Waals surface area contributed by atoms with E-state index in [1.54, 1.807) is 24.3 Å². The quantitative estimate of drug-likeness (QED) is 0.121. The molecule has 3 heterocycles. The van der Waals surface area contributed by atoms with Crippen LogP contribution in [0.15, 0.2) is 194 Å². The molecule has 69 heavy (non-hydrogen) atoms. The average molecular weight is 931 g/mol. The molecule has 0 aliphatic carbocycles. The van der Waals surface area contributed by atoms with Gasteiger partial charge in [0.05, 0.1) is 22.5 Å². The highest BCUT2D eigenvalue weighted by molar-refractivity contribution is 7.16. The molecule has 336 valence electrons. The average Bonchev–Trinajstić information content (AvgIpc) is 3.35. The summed E-state index contributed by atoms with van der Waals surface area (Å²) in [7, 11) is -2.51. The Hall–Kier alpha value is -7.56. The van der Waals surface area contributed by atoms with Gasteiger partial charge in [-0.1, -0.05) is 169 Å². The molecule has 0 radical (unpaired) electrons. The van der Waals surface area contributed by atoms with Crippen molar-refractivity contribution >= 4 is 75.7 Å². The Labute approximate surface area is 397 Å². The molecule has 0 fully saturated rings. The smallest absolute Gasteiger partial charge is 0.310 e. The van der Waals surface area contributed by atoms with Crippen molar-refractivity contribution in [2.75, 3.05) is 9.80 Å². The number of nitrogens with zero attached hydrogens (tertiary/aromatic N) is 2. The number of alkyl halides is 6. The first-order valence-corrected chi connectivity index (χ1v) is 25.9. The normalized spacial score (nSPS) is 14.2. The highest BCUT2D eigenvalue weighted by atomic mass is 28.3. The van der Waals surface area contributed by atoms with Gasteiger partial charge in [-0.3, -0.25) is 0 Å². The van der Waals surface area contributed by atoms with Crippen LogP contribution in [0.2, 0.25) is 13.1 Å². The lowest BCUT2D eigenvalue weighted by molar-refractivity contribution is -0.138. The highest BCUT2D eigenvalue weighted by Gasteiger charge is 2.52. The Balaban J connectivity index is 1.21. The van der Waals surface area contributed by atoms with E-state index in [0.717, 1.165) is 103 Å². The van der Waals surface area contributed by atoms with E-state index in [1.807, 2.05) is 60.7 Å². The Morgan fingerprint density at radius 2 is 0.725 bits per heavy atom. The fourth-order valence-electron chi connectivity index (χ4n) is 11.4. The van der Waals surface area contributed by atoms with E-state index in [-0.39, 0.29) is 6.71 Å². The molecule has 0 atom stereocenters. The lowest BCUT2D eigenvalue weighted by atomic mass is 9.33. The Morgan fingerprint density at radius 1 is 0.377 bits per heavy atom. The number of hydrogen-bond acceptors (Lipinski definition) is 2. The Morgan fingerprint density at radius 3 is 1.09 bits per heavy atom. The Bertz CT molecular complexity index is 3290. The van der Waals surface area contributed by atoms with Crippen molar-refractivity contribution in [3.05, 3.63) is 211 Å². The first-order valence-electron chi connectivity index (χ1n) is 22.9. The van der Waals surface area contributed by atoms with Crippen LogP contribution < -0.4 is 36.6 Å². The summed E-state index contributed by atoms with van der Waals surface area (Å²) < 4.78 is 84.5. The summed E-state index contributed by atoms with van der Waals surface area (Å²) in [4.78, 5) is 4.72. The summed E-state index contributed by atoms with van der Waals surface area (Å²) in [5.74, 6) is 0. The van der Waals surface area contributed by atoms with Crippen LogP contribution in [0.5, 0.6) is 0 Å². The standard InChI is InChI=1S/C59H41BF6N2Si/c1-36-34-49-53-50(35-36)68(57-44(38-16-8-5-9-17-38)19-11-21-46(57)40-28-32-42(33-29-40)59(64,65)66)48-23-13-25-52-55(48)60(53)54-47(22-12-24-51(54)69(52,2)3)67(49)56-43(37-14-6-4-7-15-37)18-10-20-45(56)39-26-30-41(31-27-39)58(61,62)63/h4-35H,1-3H3. The maximum absolute atomic E-state index is 14.1. The van der Waals surface area contributed by atoms with Crippen molar-refractivity contribution in [1.82, 2.24) is 0 Å². The summed E-state index contributed by atoms with van der Waals surface area (Å²) in [6.07, 6.45) is -9.00. The van der Waals surface area contributed by atoms with Gasteiger partial charge in [-0.15, -0.1) is 0 Å². The van der Waals surface area contributed by atoms with Crippen molar-refractivity contribution in [2.24, 2.45) is 0 Å². The van der Waals surface area contributed by atoms with Gasteiger partial charge in [-0.2, -0.15) is 26.3 Å². The zero-order valence-corrected chi connectivity index (χ0v) is 38.7. The number of anilines is 6. The molecular formula is C59H41BF6N2Si. The predicted molar refractivity (Wildman–Crippen MR) is 274 cm³/mol. The van der Waals surface area contributed by atoms with E-state index in [4.69, 9.17) is 0 Å². The third kappa shape index (κ3) is 6.63. The molecule has 0 N–H and O–H groups in total. The van der Waals surface area contributed by atoms with Gasteiger partial charge in [-0.25, -0.2) is 0 Å². The van der Waals surface area contributed by atoms with Crippen molar-refractivity contribution in [2.45, 2.75) is 32.4 Å². The monoisotopic (exact) mass is 930 g/mol. The molecule has 0 bridgehead atoms. The van der Waals surface area contributed by atoms with E-state index in [0.29, 0.717) is 11.1 Å². The van der Waals surface area contributed by atoms with Gasteiger partial charge >= 0.3 is 12.4 Å². The van der Waals surface area contributed by atoms with Gasteiger partial charge in [0.1, 0.15) is 8.07 Å². The fraction of sp³-hybridized carbons (Fsp3) is 0.0847. The molecule has 3 aliphatic heterocycles. The van der Waals surface area contributed by atoms with Gasteiger partial charge < -0.3 is 9.80 Å². The minimum absolute atomic E-state index is 0.183. The Kier molecular flexibility index (Phi) is 9.60. The van der Waals surface area contributed by atoms with Crippen LogP contribution in [0.25, 0.3) is 44.5 Å². The zero-order valence-electron chi connectivity index (χ0n) is 37.7. The van der Waals surface area contributed by atoms with Crippen molar-refractivity contribution in [3.63, 3.8) is 0 Å². The lowest BCUT2D eigenvalue weighted by Crippen LogP contribution is -2.79. The van der Waals surface area contributed by atoms with Gasteiger partial charge in [-0.05, 0) is 99.7 Å². The third-order valence-electron chi connectivity index (χ3n) is 14.4. The van der Waals surface area contributed by atoms with E-state index in [1.165, 1.54) is 21.3 Å². The highest BCUT2D eigenvalue weighted by Crippen LogP contribution is 2.53. The molecule has 0 saturated heterocycles. The number of aryl methyl sites for hydroxylation is 1. The van der Waals surface area contributed by atoms with Gasteiger partial charge in [0, 0.05) is 45.0 Å². The second kappa shape index (κ2) is 15.5. The van der Waals surface area contributed by atoms with Crippen LogP contribution in [0, 0.1) is 6.92 Å². The maximum atomic E-state index is 14.1. The molecule has 3 aliphatic rings. The van der Waals surface area contributed by atoms with Crippen LogP contribution in [-0.4, -0.2) is 14.8 Å². The minimum atomic E-state index is -4.50. The van der Waals surface area contributed by atoms with Crippen LogP contribution in [0.3, 0.4) is 0 Å². The first kappa shape index (κ1) is 42.8. The molecule has 10 heteroatoms. The lowest BCUT2D eigenvalue weighted by Gasteiger charge is -2.50. The van der Waals surface area contributed by atoms with Crippen molar-refractivity contribution in [1.29, 1.82) is 0 Å². The maximum Gasteiger partial charge on any atom is 0.416 e. The summed E-state index contributed by atoms with van der Waals surface area (Å²) >= 11 is 0. The summed E-state index contributed by atoms with van der Waals surface area (Å²) in [5, 5.41) is 2.63. The molecular weight excluding hydrogens is 890 g/mol. The van der Waals surface area contributed by atoms with Gasteiger partial charge in [0.2, 0.25) is 0 Å². The second-order valence-electron chi connectivity index (χ2n) is 18.7. The topological polar surface area (TPSA) is 6.48 Å². The number of rotatable bonds is 6. The molecule has 0 unspecified atom stereocenters. The van der Waals surface area contributed by atoms with E-state index >= 15 is 0 Å². The van der Waals surface area contributed by atoms with Crippen molar-refractivity contribution in [3.8, 4) is 44.5 Å².